The Morgan fingerprint density at radius 2 is 2.10 bits per heavy atom. The number of hydrogen-bond acceptors (Lipinski definition) is 3. The third-order valence-corrected chi connectivity index (χ3v) is 3.19. The summed E-state index contributed by atoms with van der Waals surface area (Å²) in [5.41, 5.74) is 1.34. The number of nitrogens with one attached hydrogen (secondary N) is 2. The summed E-state index contributed by atoms with van der Waals surface area (Å²) < 4.78 is 0. The molecule has 1 saturated heterocycles. The van der Waals surface area contributed by atoms with Gasteiger partial charge in [0.2, 0.25) is 5.91 Å². The molecule has 1 aromatic rings. The summed E-state index contributed by atoms with van der Waals surface area (Å²) in [6.45, 7) is 0.922. The molecule has 0 radical (unpaired) electrons. The van der Waals surface area contributed by atoms with Gasteiger partial charge in [-0.3, -0.25) is 9.59 Å². The Bertz CT molecular complexity index is 559. The number of carboxylic acids is 1. The number of benzene rings is 1. The van der Waals surface area contributed by atoms with E-state index in [0.717, 1.165) is 5.56 Å². The van der Waals surface area contributed by atoms with Gasteiger partial charge < -0.3 is 20.6 Å². The highest BCUT2D eigenvalue weighted by atomic mass is 16.4. The number of urea groups is 1. The molecule has 1 aliphatic rings. The number of para-hydroxylation sites is 1. The van der Waals surface area contributed by atoms with Crippen LogP contribution >= 0.6 is 0 Å². The molecule has 21 heavy (non-hydrogen) atoms. The van der Waals surface area contributed by atoms with E-state index in [1.807, 2.05) is 0 Å². The van der Waals surface area contributed by atoms with Crippen molar-refractivity contribution in [2.75, 3.05) is 25.0 Å². The zero-order valence-electron chi connectivity index (χ0n) is 11.5. The maximum atomic E-state index is 12.1. The maximum absolute atomic E-state index is 12.1. The number of anilines is 1. The van der Waals surface area contributed by atoms with Crippen LogP contribution in [0.5, 0.6) is 0 Å². The van der Waals surface area contributed by atoms with E-state index >= 15 is 0 Å². The van der Waals surface area contributed by atoms with Gasteiger partial charge in [0.25, 0.3) is 0 Å². The smallest absolute Gasteiger partial charge is 0.322 e. The van der Waals surface area contributed by atoms with Crippen LogP contribution in [0, 0.1) is 0 Å². The van der Waals surface area contributed by atoms with Gasteiger partial charge >= 0.3 is 12.0 Å². The summed E-state index contributed by atoms with van der Waals surface area (Å²) in [4.78, 5) is 35.5. The van der Waals surface area contributed by atoms with Gasteiger partial charge in [-0.15, -0.1) is 0 Å². The Hall–Kier alpha value is -2.57. The van der Waals surface area contributed by atoms with Crippen LogP contribution in [0.2, 0.25) is 0 Å². The van der Waals surface area contributed by atoms with Crippen molar-refractivity contribution in [2.45, 2.75) is 12.8 Å². The lowest BCUT2D eigenvalue weighted by molar-refractivity contribution is -0.137. The standard InChI is InChI=1S/C14H17N3O4/c18-12-9-17(8-7-15-12)14(21)16-11-4-2-1-3-10(11)5-6-13(19)20/h1-4H,5-9H2,(H,15,18)(H,16,21)(H,19,20). The summed E-state index contributed by atoms with van der Waals surface area (Å²) in [6, 6.07) is 6.71. The molecule has 1 fully saturated rings. The number of rotatable bonds is 4. The summed E-state index contributed by atoms with van der Waals surface area (Å²) in [6.07, 6.45) is 0.339. The van der Waals surface area contributed by atoms with E-state index in [1.165, 1.54) is 4.90 Å². The van der Waals surface area contributed by atoms with Crippen molar-refractivity contribution in [1.82, 2.24) is 10.2 Å². The molecule has 3 amide bonds. The summed E-state index contributed by atoms with van der Waals surface area (Å²) in [7, 11) is 0. The van der Waals surface area contributed by atoms with Crippen molar-refractivity contribution in [1.29, 1.82) is 0 Å². The van der Waals surface area contributed by atoms with Crippen molar-refractivity contribution >= 4 is 23.6 Å². The van der Waals surface area contributed by atoms with E-state index in [1.54, 1.807) is 24.3 Å². The topological polar surface area (TPSA) is 98.7 Å². The zero-order valence-corrected chi connectivity index (χ0v) is 11.5. The summed E-state index contributed by atoms with van der Waals surface area (Å²) in [5.74, 6) is -1.07. The maximum Gasteiger partial charge on any atom is 0.322 e. The quantitative estimate of drug-likeness (QED) is 0.759. The Labute approximate surface area is 121 Å². The first-order valence-electron chi connectivity index (χ1n) is 6.68. The number of aryl methyl sites for hydroxylation is 1. The number of aliphatic carboxylic acids is 1. The van der Waals surface area contributed by atoms with E-state index in [2.05, 4.69) is 10.6 Å². The average Bonchev–Trinajstić information content (AvgIpc) is 2.46. The van der Waals surface area contributed by atoms with Crippen LogP contribution in [0.4, 0.5) is 10.5 Å². The lowest BCUT2D eigenvalue weighted by Gasteiger charge is -2.27. The first-order chi connectivity index (χ1) is 10.1. The Kier molecular flexibility index (Phi) is 4.76. The fraction of sp³-hybridized carbons (Fsp3) is 0.357. The van der Waals surface area contributed by atoms with Crippen molar-refractivity contribution in [2.24, 2.45) is 0 Å². The Balaban J connectivity index is 2.02. The van der Waals surface area contributed by atoms with E-state index in [0.29, 0.717) is 25.2 Å². The third kappa shape index (κ3) is 4.20. The lowest BCUT2D eigenvalue weighted by Crippen LogP contribution is -2.51. The second kappa shape index (κ2) is 6.74. The molecule has 7 heteroatoms. The van der Waals surface area contributed by atoms with Crippen LogP contribution < -0.4 is 10.6 Å². The minimum Gasteiger partial charge on any atom is -0.481 e. The highest BCUT2D eigenvalue weighted by Crippen LogP contribution is 2.17. The molecule has 7 nitrogen and oxygen atoms in total. The first kappa shape index (κ1) is 14.8. The minimum absolute atomic E-state index is 0.000988. The molecule has 0 atom stereocenters. The van der Waals surface area contributed by atoms with Crippen LogP contribution in [-0.4, -0.2) is 47.5 Å². The van der Waals surface area contributed by atoms with Crippen molar-refractivity contribution in [3.63, 3.8) is 0 Å². The number of hydrogen-bond donors (Lipinski definition) is 3. The van der Waals surface area contributed by atoms with Crippen molar-refractivity contribution in [3.8, 4) is 0 Å². The molecule has 2 rings (SSSR count). The van der Waals surface area contributed by atoms with Gasteiger partial charge in [0, 0.05) is 25.2 Å². The number of carbonyl (C=O) groups excluding carboxylic acids is 2. The Morgan fingerprint density at radius 3 is 2.81 bits per heavy atom. The highest BCUT2D eigenvalue weighted by Gasteiger charge is 2.21. The lowest BCUT2D eigenvalue weighted by atomic mass is 10.1. The van der Waals surface area contributed by atoms with Gasteiger partial charge in [-0.1, -0.05) is 18.2 Å². The fourth-order valence-corrected chi connectivity index (χ4v) is 2.11. The minimum atomic E-state index is -0.885. The third-order valence-electron chi connectivity index (χ3n) is 3.19. The van der Waals surface area contributed by atoms with Crippen molar-refractivity contribution in [3.05, 3.63) is 29.8 Å². The van der Waals surface area contributed by atoms with Crippen LogP contribution in [-0.2, 0) is 16.0 Å². The predicted octanol–water partition coefficient (Wildman–Crippen LogP) is 0.667. The fourth-order valence-electron chi connectivity index (χ4n) is 2.11. The molecule has 0 bridgehead atoms. The van der Waals surface area contributed by atoms with Crippen LogP contribution in [0.1, 0.15) is 12.0 Å². The molecule has 0 aromatic heterocycles. The SMILES string of the molecule is O=C(O)CCc1ccccc1NC(=O)N1CCNC(=O)C1. The van der Waals surface area contributed by atoms with Gasteiger partial charge in [-0.2, -0.15) is 0 Å². The van der Waals surface area contributed by atoms with Gasteiger partial charge in [0.1, 0.15) is 6.54 Å². The second-order valence-corrected chi connectivity index (χ2v) is 4.75. The van der Waals surface area contributed by atoms with Crippen LogP contribution in [0.25, 0.3) is 0 Å². The number of piperazine rings is 1. The first-order valence-corrected chi connectivity index (χ1v) is 6.68. The molecule has 112 valence electrons. The molecular formula is C14H17N3O4. The highest BCUT2D eigenvalue weighted by molar-refractivity contribution is 5.93. The number of nitrogens with zero attached hydrogens (tertiary/aromatic N) is 1. The molecule has 1 heterocycles. The van der Waals surface area contributed by atoms with E-state index in [9.17, 15) is 14.4 Å². The van der Waals surface area contributed by atoms with E-state index < -0.39 is 5.97 Å². The number of carboxylic acid groups (broad SMARTS) is 1. The molecule has 0 spiro atoms. The molecule has 1 aliphatic heterocycles. The number of carbonyl (C=O) groups is 3. The van der Waals surface area contributed by atoms with E-state index in [-0.39, 0.29) is 24.9 Å². The predicted molar refractivity (Wildman–Crippen MR) is 76.0 cm³/mol. The van der Waals surface area contributed by atoms with Gasteiger partial charge in [0.05, 0.1) is 0 Å². The summed E-state index contributed by atoms with van der Waals surface area (Å²) >= 11 is 0. The Morgan fingerprint density at radius 1 is 1.33 bits per heavy atom. The van der Waals surface area contributed by atoms with Gasteiger partial charge in [0.15, 0.2) is 0 Å². The van der Waals surface area contributed by atoms with E-state index in [4.69, 9.17) is 5.11 Å². The number of amides is 3. The summed E-state index contributed by atoms with van der Waals surface area (Å²) in [5, 5.41) is 14.1. The van der Waals surface area contributed by atoms with Gasteiger partial charge in [-0.25, -0.2) is 4.79 Å². The molecule has 0 aliphatic carbocycles. The van der Waals surface area contributed by atoms with Crippen LogP contribution in [0.3, 0.4) is 0 Å². The van der Waals surface area contributed by atoms with Gasteiger partial charge in [-0.05, 0) is 18.1 Å². The normalized spacial score (nSPS) is 14.5. The molecule has 3 N–H and O–H groups in total. The van der Waals surface area contributed by atoms with Crippen LogP contribution in [0.15, 0.2) is 24.3 Å². The zero-order chi connectivity index (χ0) is 15.2. The van der Waals surface area contributed by atoms with Crippen molar-refractivity contribution < 1.29 is 19.5 Å². The average molecular weight is 291 g/mol. The molecule has 0 saturated carbocycles. The molecular weight excluding hydrogens is 274 g/mol. The second-order valence-electron chi connectivity index (χ2n) is 4.75. The monoisotopic (exact) mass is 291 g/mol. The molecule has 1 aromatic carbocycles. The molecule has 0 unspecified atom stereocenters. The largest absolute Gasteiger partial charge is 0.481 e.